The van der Waals surface area contributed by atoms with Gasteiger partial charge in [0.1, 0.15) is 23.6 Å². The Morgan fingerprint density at radius 3 is 2.55 bits per heavy atom. The Labute approximate surface area is 164 Å². The highest BCUT2D eigenvalue weighted by atomic mass is 16.5. The number of methoxy groups -OCH3 is 1. The number of ether oxygens (including phenoxy) is 2. The molecule has 0 saturated carbocycles. The van der Waals surface area contributed by atoms with Gasteiger partial charge in [0.15, 0.2) is 0 Å². The van der Waals surface area contributed by atoms with E-state index in [-0.39, 0.29) is 5.52 Å². The minimum atomic E-state index is -0.624. The van der Waals surface area contributed by atoms with Crippen molar-refractivity contribution in [3.8, 4) is 11.5 Å². The summed E-state index contributed by atoms with van der Waals surface area (Å²) in [5.74, 6) is 1.33. The quantitative estimate of drug-likeness (QED) is 0.390. The van der Waals surface area contributed by atoms with Crippen LogP contribution in [0.15, 0.2) is 69.8 Å². The highest BCUT2D eigenvalue weighted by Gasteiger charge is 2.13. The fraction of sp³-hybridized carbons (Fsp3) is 0.0952. The smallest absolute Gasteiger partial charge is 0.350 e. The summed E-state index contributed by atoms with van der Waals surface area (Å²) in [6.45, 7) is 4.01. The first kappa shape index (κ1) is 18.3. The van der Waals surface area contributed by atoms with Gasteiger partial charge in [-0.15, -0.1) is 4.68 Å². The van der Waals surface area contributed by atoms with E-state index in [0.29, 0.717) is 34.7 Å². The Morgan fingerprint density at radius 1 is 1.07 bits per heavy atom. The molecule has 0 aliphatic carbocycles. The lowest BCUT2D eigenvalue weighted by Crippen LogP contribution is -2.32. The lowest BCUT2D eigenvalue weighted by molar-refractivity contribution is 0.363. The number of benzene rings is 2. The molecular weight excluding hydrogens is 372 g/mol. The third-order valence-electron chi connectivity index (χ3n) is 4.41. The van der Waals surface area contributed by atoms with Crippen LogP contribution < -0.4 is 20.7 Å². The molecule has 146 valence electrons. The van der Waals surface area contributed by atoms with E-state index in [1.54, 1.807) is 55.7 Å². The van der Waals surface area contributed by atoms with Crippen molar-refractivity contribution in [3.63, 3.8) is 0 Å². The molecule has 4 aromatic rings. The average Bonchev–Trinajstić information content (AvgIpc) is 3.10. The first-order valence-corrected chi connectivity index (χ1v) is 8.83. The number of hydrogen-bond donors (Lipinski definition) is 2. The Morgan fingerprint density at radius 2 is 1.83 bits per heavy atom. The molecule has 0 radical (unpaired) electrons. The maximum Gasteiger partial charge on any atom is 0.350 e. The predicted molar refractivity (Wildman–Crippen MR) is 112 cm³/mol. The maximum absolute atomic E-state index is 12.8. The van der Waals surface area contributed by atoms with Crippen molar-refractivity contribution in [3.05, 3.63) is 81.5 Å². The van der Waals surface area contributed by atoms with E-state index in [1.807, 2.05) is 0 Å². The van der Waals surface area contributed by atoms with Crippen molar-refractivity contribution in [2.45, 2.75) is 0 Å². The molecule has 0 aliphatic heterocycles. The summed E-state index contributed by atoms with van der Waals surface area (Å²) in [7, 11) is 1.56. The third-order valence-corrected chi connectivity index (χ3v) is 4.41. The molecule has 2 aromatic heterocycles. The first-order chi connectivity index (χ1) is 14.1. The van der Waals surface area contributed by atoms with Crippen LogP contribution in [0, 0.1) is 0 Å². The minimum absolute atomic E-state index is 0.262. The van der Waals surface area contributed by atoms with Gasteiger partial charge in [0.25, 0.3) is 0 Å². The van der Waals surface area contributed by atoms with Crippen LogP contribution in [0.4, 0.5) is 0 Å². The molecule has 0 bridgehead atoms. The average molecular weight is 390 g/mol. The van der Waals surface area contributed by atoms with Crippen LogP contribution in [0.3, 0.4) is 0 Å². The molecule has 0 aliphatic rings. The normalized spacial score (nSPS) is 11.3. The number of H-pyrrole nitrogens is 2. The summed E-state index contributed by atoms with van der Waals surface area (Å²) in [5, 5.41) is 4.78. The molecule has 0 spiro atoms. The Bertz CT molecular complexity index is 1340. The molecule has 0 fully saturated rings. The van der Waals surface area contributed by atoms with Crippen LogP contribution in [0.25, 0.3) is 21.9 Å². The van der Waals surface area contributed by atoms with E-state index in [0.717, 1.165) is 10.1 Å². The molecular formula is C21H18N4O4. The lowest BCUT2D eigenvalue weighted by atomic mass is 10.2. The van der Waals surface area contributed by atoms with Gasteiger partial charge in [-0.2, -0.15) is 5.10 Å². The first-order valence-electron chi connectivity index (χ1n) is 8.83. The summed E-state index contributed by atoms with van der Waals surface area (Å²) in [6, 6.07) is 12.4. The summed E-state index contributed by atoms with van der Waals surface area (Å²) >= 11 is 0. The number of hydrogen-bond acceptors (Lipinski definition) is 5. The fourth-order valence-corrected chi connectivity index (χ4v) is 2.99. The molecule has 8 heteroatoms. The standard InChI is InChI=1S/C21H18N4O4/c1-3-10-29-14-6-4-13(5-7-14)12-22-25-20(26)19-18(24-21(25)27)16-9-8-15(28-2)11-17(16)23-19/h3-9,11-12,23H,1,10H2,2H3,(H,24,27)/b22-12+. The van der Waals surface area contributed by atoms with E-state index < -0.39 is 11.2 Å². The second kappa shape index (κ2) is 7.51. The molecule has 2 heterocycles. The summed E-state index contributed by atoms with van der Waals surface area (Å²) in [5.41, 5.74) is 0.932. The van der Waals surface area contributed by atoms with Gasteiger partial charge in [-0.25, -0.2) is 4.79 Å². The number of aromatic nitrogens is 3. The molecule has 0 atom stereocenters. The lowest BCUT2D eigenvalue weighted by Gasteiger charge is -2.02. The van der Waals surface area contributed by atoms with Gasteiger partial charge in [-0.3, -0.25) is 4.79 Å². The fourth-order valence-electron chi connectivity index (χ4n) is 2.99. The van der Waals surface area contributed by atoms with E-state index in [4.69, 9.17) is 9.47 Å². The monoisotopic (exact) mass is 390 g/mol. The number of fused-ring (bicyclic) bond motifs is 3. The second-order valence-corrected chi connectivity index (χ2v) is 6.25. The van der Waals surface area contributed by atoms with Gasteiger partial charge in [0, 0.05) is 11.5 Å². The van der Waals surface area contributed by atoms with E-state index >= 15 is 0 Å². The SMILES string of the molecule is C=CCOc1ccc(/C=N/n2c(=O)[nH]c3c([nH]c4cc(OC)ccc43)c2=O)cc1. The Kier molecular flexibility index (Phi) is 4.74. The molecule has 2 N–H and O–H groups in total. The molecule has 0 unspecified atom stereocenters. The van der Waals surface area contributed by atoms with Gasteiger partial charge in [-0.05, 0) is 42.0 Å². The van der Waals surface area contributed by atoms with Crippen LogP contribution in [-0.2, 0) is 0 Å². The van der Waals surface area contributed by atoms with Crippen LogP contribution in [0.5, 0.6) is 11.5 Å². The van der Waals surface area contributed by atoms with Crippen molar-refractivity contribution in [2.24, 2.45) is 5.10 Å². The Balaban J connectivity index is 1.73. The van der Waals surface area contributed by atoms with Crippen LogP contribution in [0.2, 0.25) is 0 Å². The highest BCUT2D eigenvalue weighted by Crippen LogP contribution is 2.24. The van der Waals surface area contributed by atoms with Gasteiger partial charge in [-0.1, -0.05) is 12.7 Å². The predicted octanol–water partition coefficient (Wildman–Crippen LogP) is 2.63. The van der Waals surface area contributed by atoms with Crippen molar-refractivity contribution in [1.82, 2.24) is 14.6 Å². The largest absolute Gasteiger partial charge is 0.497 e. The zero-order valence-electron chi connectivity index (χ0n) is 15.6. The summed E-state index contributed by atoms with van der Waals surface area (Å²) in [4.78, 5) is 31.0. The van der Waals surface area contributed by atoms with E-state index in [9.17, 15) is 9.59 Å². The Hall–Kier alpha value is -4.07. The number of rotatable bonds is 6. The van der Waals surface area contributed by atoms with Gasteiger partial charge in [0.2, 0.25) is 0 Å². The molecule has 2 aromatic carbocycles. The van der Waals surface area contributed by atoms with Crippen molar-refractivity contribution in [1.29, 1.82) is 0 Å². The van der Waals surface area contributed by atoms with Gasteiger partial charge < -0.3 is 19.4 Å². The van der Waals surface area contributed by atoms with Gasteiger partial charge >= 0.3 is 11.2 Å². The topological polar surface area (TPSA) is 101 Å². The zero-order chi connectivity index (χ0) is 20.4. The van der Waals surface area contributed by atoms with Crippen molar-refractivity contribution in [2.75, 3.05) is 13.7 Å². The molecule has 0 amide bonds. The number of nitrogens with zero attached hydrogens (tertiary/aromatic N) is 2. The molecule has 4 rings (SSSR count). The van der Waals surface area contributed by atoms with Crippen LogP contribution >= 0.6 is 0 Å². The van der Waals surface area contributed by atoms with Crippen molar-refractivity contribution >= 4 is 28.2 Å². The van der Waals surface area contributed by atoms with Crippen LogP contribution in [-0.4, -0.2) is 34.6 Å². The van der Waals surface area contributed by atoms with Gasteiger partial charge in [0.05, 0.1) is 24.4 Å². The third kappa shape index (κ3) is 3.43. The zero-order valence-corrected chi connectivity index (χ0v) is 15.6. The summed E-state index contributed by atoms with van der Waals surface area (Å²) in [6.07, 6.45) is 3.09. The number of nitrogens with one attached hydrogen (secondary N) is 2. The second-order valence-electron chi connectivity index (χ2n) is 6.25. The maximum atomic E-state index is 12.8. The minimum Gasteiger partial charge on any atom is -0.497 e. The van der Waals surface area contributed by atoms with Crippen molar-refractivity contribution < 1.29 is 9.47 Å². The van der Waals surface area contributed by atoms with E-state index in [1.165, 1.54) is 6.21 Å². The molecule has 8 nitrogen and oxygen atoms in total. The van der Waals surface area contributed by atoms with Crippen LogP contribution in [0.1, 0.15) is 5.56 Å². The molecule has 29 heavy (non-hydrogen) atoms. The number of aromatic amines is 2. The molecule has 0 saturated heterocycles. The van der Waals surface area contributed by atoms with E-state index in [2.05, 4.69) is 21.6 Å². The summed E-state index contributed by atoms with van der Waals surface area (Å²) < 4.78 is 11.4. The highest BCUT2D eigenvalue weighted by molar-refractivity contribution is 6.04.